The zero-order valence-corrected chi connectivity index (χ0v) is 11.6. The quantitative estimate of drug-likeness (QED) is 0.634. The highest BCUT2D eigenvalue weighted by Crippen LogP contribution is 2.45. The molecular formula is C13H11N5O2S. The molecule has 5 N–H and O–H groups in total. The molecule has 0 bridgehead atoms. The van der Waals surface area contributed by atoms with Gasteiger partial charge in [-0.25, -0.2) is 4.99 Å². The summed E-state index contributed by atoms with van der Waals surface area (Å²) in [6.07, 6.45) is 0.562. The summed E-state index contributed by atoms with van der Waals surface area (Å²) in [4.78, 5) is 24.1. The molecule has 8 heteroatoms. The Balaban J connectivity index is 2.01. The van der Waals surface area contributed by atoms with Crippen LogP contribution in [0.15, 0.2) is 16.4 Å². The standard InChI is InChI=1S/C13H11N5O2S/c14-13-17-8(12(20)18-13)5-1-3-15-11(19)9-7(5)10-6(16-9)2-4-21-10/h2,4,20H,1,3H2,(H,15,19)(H3,14,17,18). The Labute approximate surface area is 123 Å². The number of H-pyrrole nitrogens is 1. The normalized spacial score (nSPS) is 17.1. The van der Waals surface area contributed by atoms with Crippen molar-refractivity contribution in [2.24, 2.45) is 4.99 Å². The summed E-state index contributed by atoms with van der Waals surface area (Å²) < 4.78 is 0. The van der Waals surface area contributed by atoms with Crippen molar-refractivity contribution in [3.63, 3.8) is 0 Å². The van der Waals surface area contributed by atoms with E-state index in [2.05, 4.69) is 20.3 Å². The maximum Gasteiger partial charge on any atom is 0.270 e. The number of nitrogen functional groups attached to an aromatic ring is 1. The Hall–Kier alpha value is -2.61. The molecule has 0 aliphatic carbocycles. The van der Waals surface area contributed by atoms with Crippen LogP contribution in [0.2, 0.25) is 0 Å². The molecule has 2 aliphatic heterocycles. The Bertz CT molecular complexity index is 829. The number of nitrogens with zero attached hydrogens (tertiary/aromatic N) is 2. The molecule has 0 aromatic carbocycles. The molecule has 0 saturated carbocycles. The molecule has 2 aliphatic rings. The predicted octanol–water partition coefficient (Wildman–Crippen LogP) is 1.28. The molecule has 4 rings (SSSR count). The molecule has 4 heterocycles. The predicted molar refractivity (Wildman–Crippen MR) is 80.5 cm³/mol. The fourth-order valence-corrected chi connectivity index (χ4v) is 3.56. The van der Waals surface area contributed by atoms with Crippen LogP contribution in [0.3, 0.4) is 0 Å². The minimum atomic E-state index is -0.199. The van der Waals surface area contributed by atoms with Gasteiger partial charge in [0.15, 0.2) is 0 Å². The van der Waals surface area contributed by atoms with E-state index in [4.69, 9.17) is 5.73 Å². The number of imidazole rings is 1. The van der Waals surface area contributed by atoms with Crippen molar-refractivity contribution in [3.05, 3.63) is 22.0 Å². The molecule has 0 spiro atoms. The number of aromatic nitrogens is 2. The molecule has 0 saturated heterocycles. The number of thiophene rings is 1. The van der Waals surface area contributed by atoms with Crippen LogP contribution in [-0.2, 0) is 4.79 Å². The second kappa shape index (κ2) is 4.19. The molecule has 7 nitrogen and oxygen atoms in total. The maximum absolute atomic E-state index is 12.1. The first-order valence-electron chi connectivity index (χ1n) is 6.38. The number of aliphatic imine (C=N–C) groups is 1. The summed E-state index contributed by atoms with van der Waals surface area (Å²) in [5.74, 6) is -0.217. The van der Waals surface area contributed by atoms with Crippen LogP contribution in [0, 0.1) is 0 Å². The van der Waals surface area contributed by atoms with Crippen molar-refractivity contribution >= 4 is 45.7 Å². The average molecular weight is 301 g/mol. The summed E-state index contributed by atoms with van der Waals surface area (Å²) in [5.41, 5.74) is 8.79. The lowest BCUT2D eigenvalue weighted by Gasteiger charge is -2.07. The monoisotopic (exact) mass is 301 g/mol. The maximum atomic E-state index is 12.1. The molecule has 21 heavy (non-hydrogen) atoms. The van der Waals surface area contributed by atoms with E-state index in [1.165, 1.54) is 11.3 Å². The molecule has 0 atom stereocenters. The summed E-state index contributed by atoms with van der Waals surface area (Å²) >= 11 is 1.52. The first-order chi connectivity index (χ1) is 10.1. The van der Waals surface area contributed by atoms with Gasteiger partial charge in [-0.3, -0.25) is 4.79 Å². The minimum Gasteiger partial charge on any atom is -0.492 e. The third-order valence-electron chi connectivity index (χ3n) is 3.52. The lowest BCUT2D eigenvalue weighted by Crippen LogP contribution is -2.29. The molecule has 1 amide bonds. The largest absolute Gasteiger partial charge is 0.492 e. The van der Waals surface area contributed by atoms with Crippen LogP contribution in [0.4, 0.5) is 11.6 Å². The second-order valence-corrected chi connectivity index (χ2v) is 5.69. The van der Waals surface area contributed by atoms with Gasteiger partial charge < -0.3 is 21.1 Å². The van der Waals surface area contributed by atoms with Crippen LogP contribution in [0.1, 0.15) is 17.0 Å². The van der Waals surface area contributed by atoms with E-state index in [0.717, 1.165) is 21.7 Å². The van der Waals surface area contributed by atoms with Crippen molar-refractivity contribution < 1.29 is 9.90 Å². The number of nitrogens with two attached hydrogens (primary N) is 1. The van der Waals surface area contributed by atoms with Crippen LogP contribution < -0.4 is 11.1 Å². The van der Waals surface area contributed by atoms with E-state index < -0.39 is 0 Å². The summed E-state index contributed by atoms with van der Waals surface area (Å²) in [6, 6.07) is 1.88. The Kier molecular flexibility index (Phi) is 2.43. The van der Waals surface area contributed by atoms with Crippen molar-refractivity contribution in [1.29, 1.82) is 0 Å². The van der Waals surface area contributed by atoms with Gasteiger partial charge in [-0.05, 0) is 23.4 Å². The highest BCUT2D eigenvalue weighted by atomic mass is 32.1. The highest BCUT2D eigenvalue weighted by Gasteiger charge is 2.33. The number of carbonyl (C=O) groups is 1. The van der Waals surface area contributed by atoms with Gasteiger partial charge in [0.25, 0.3) is 5.91 Å². The van der Waals surface area contributed by atoms with Gasteiger partial charge in [0.05, 0.1) is 10.6 Å². The first kappa shape index (κ1) is 12.2. The van der Waals surface area contributed by atoms with Gasteiger partial charge in [0.2, 0.25) is 11.8 Å². The SMILES string of the molecule is Nc1nc(O)c(C2=C3C(=Nc4ccsc43)C(=O)NCC2)[nH]1. The van der Waals surface area contributed by atoms with E-state index in [1.807, 2.05) is 11.4 Å². The lowest BCUT2D eigenvalue weighted by atomic mass is 9.99. The minimum absolute atomic E-state index is 0.141. The van der Waals surface area contributed by atoms with Gasteiger partial charge in [0.1, 0.15) is 11.4 Å². The molecular weight excluding hydrogens is 290 g/mol. The number of carbonyl (C=O) groups excluding carboxylic acids is 1. The van der Waals surface area contributed by atoms with E-state index >= 15 is 0 Å². The molecule has 106 valence electrons. The van der Waals surface area contributed by atoms with Gasteiger partial charge in [0, 0.05) is 12.1 Å². The number of nitrogens with one attached hydrogen (secondary N) is 2. The van der Waals surface area contributed by atoms with Gasteiger partial charge in [-0.15, -0.1) is 11.3 Å². The van der Waals surface area contributed by atoms with Crippen molar-refractivity contribution in [2.75, 3.05) is 12.3 Å². The lowest BCUT2D eigenvalue weighted by molar-refractivity contribution is -0.114. The number of aromatic hydroxyl groups is 1. The summed E-state index contributed by atoms with van der Waals surface area (Å²) in [6.45, 7) is 0.468. The molecule has 0 unspecified atom stereocenters. The number of aromatic amines is 1. The van der Waals surface area contributed by atoms with Crippen molar-refractivity contribution in [2.45, 2.75) is 6.42 Å². The Morgan fingerprint density at radius 3 is 3.05 bits per heavy atom. The zero-order chi connectivity index (χ0) is 14.6. The Morgan fingerprint density at radius 1 is 1.43 bits per heavy atom. The highest BCUT2D eigenvalue weighted by molar-refractivity contribution is 7.12. The van der Waals surface area contributed by atoms with Gasteiger partial charge >= 0.3 is 0 Å². The molecule has 2 aromatic heterocycles. The van der Waals surface area contributed by atoms with Crippen LogP contribution in [0.5, 0.6) is 5.88 Å². The number of hydrogen-bond acceptors (Lipinski definition) is 6. The summed E-state index contributed by atoms with van der Waals surface area (Å²) in [5, 5.41) is 14.7. The van der Waals surface area contributed by atoms with Crippen molar-refractivity contribution in [1.82, 2.24) is 15.3 Å². The van der Waals surface area contributed by atoms with E-state index in [-0.39, 0.29) is 17.7 Å². The molecule has 0 fully saturated rings. The smallest absolute Gasteiger partial charge is 0.270 e. The number of amides is 1. The number of rotatable bonds is 1. The van der Waals surface area contributed by atoms with Crippen LogP contribution in [0.25, 0.3) is 11.1 Å². The molecule has 0 radical (unpaired) electrons. The van der Waals surface area contributed by atoms with Crippen LogP contribution in [-0.4, -0.2) is 33.2 Å². The van der Waals surface area contributed by atoms with Crippen LogP contribution >= 0.6 is 11.3 Å². The zero-order valence-electron chi connectivity index (χ0n) is 10.8. The fraction of sp³-hybridized carbons (Fsp3) is 0.154. The average Bonchev–Trinajstić information content (AvgIpc) is 3.07. The Morgan fingerprint density at radius 2 is 2.29 bits per heavy atom. The fourth-order valence-electron chi connectivity index (χ4n) is 2.66. The number of hydrogen-bond donors (Lipinski definition) is 4. The van der Waals surface area contributed by atoms with E-state index in [9.17, 15) is 9.90 Å². The third-order valence-corrected chi connectivity index (χ3v) is 4.44. The first-order valence-corrected chi connectivity index (χ1v) is 7.26. The molecule has 2 aromatic rings. The topological polar surface area (TPSA) is 116 Å². The van der Waals surface area contributed by atoms with Gasteiger partial charge in [-0.1, -0.05) is 0 Å². The number of anilines is 1. The van der Waals surface area contributed by atoms with E-state index in [0.29, 0.717) is 24.4 Å². The van der Waals surface area contributed by atoms with Gasteiger partial charge in [-0.2, -0.15) is 4.98 Å². The number of fused-ring (bicyclic) bond motifs is 3. The van der Waals surface area contributed by atoms with E-state index in [1.54, 1.807) is 0 Å². The third kappa shape index (κ3) is 1.69. The summed E-state index contributed by atoms with van der Waals surface area (Å²) in [7, 11) is 0. The second-order valence-electron chi connectivity index (χ2n) is 4.78. The van der Waals surface area contributed by atoms with Crippen molar-refractivity contribution in [3.8, 4) is 5.88 Å².